The maximum atomic E-state index is 13.1. The molecule has 0 aliphatic heterocycles. The molecule has 134 valence electrons. The molecule has 0 saturated carbocycles. The van der Waals surface area contributed by atoms with Crippen LogP contribution in [-0.2, 0) is 16.0 Å². The van der Waals surface area contributed by atoms with Crippen LogP contribution >= 0.6 is 11.3 Å². The molecule has 0 N–H and O–H groups in total. The van der Waals surface area contributed by atoms with Gasteiger partial charge in [0.25, 0.3) is 0 Å². The lowest BCUT2D eigenvalue weighted by atomic mass is 10.1. The summed E-state index contributed by atoms with van der Waals surface area (Å²) < 4.78 is 18.6. The van der Waals surface area contributed by atoms with Gasteiger partial charge >= 0.3 is 5.97 Å². The lowest BCUT2D eigenvalue weighted by Crippen LogP contribution is -2.09. The Morgan fingerprint density at radius 1 is 1.27 bits per heavy atom. The molecule has 3 aromatic rings. The highest BCUT2D eigenvalue weighted by Crippen LogP contribution is 2.33. The number of aromatic nitrogens is 2. The summed E-state index contributed by atoms with van der Waals surface area (Å²) in [4.78, 5) is 21.6. The fourth-order valence-corrected chi connectivity index (χ4v) is 3.66. The first kappa shape index (κ1) is 18.2. The molecular weight excluding hydrogens is 351 g/mol. The van der Waals surface area contributed by atoms with Crippen molar-refractivity contribution in [2.24, 2.45) is 0 Å². The number of carbonyl (C=O) groups excluding carboxylic acids is 1. The van der Waals surface area contributed by atoms with Crippen molar-refractivity contribution in [2.45, 2.75) is 32.8 Å². The summed E-state index contributed by atoms with van der Waals surface area (Å²) in [7, 11) is 0. The molecule has 0 spiro atoms. The highest BCUT2D eigenvalue weighted by Gasteiger charge is 2.19. The summed E-state index contributed by atoms with van der Waals surface area (Å²) >= 11 is 1.46. The molecule has 0 radical (unpaired) electrons. The number of ether oxygens (including phenoxy) is 1. The zero-order chi connectivity index (χ0) is 18.5. The maximum absolute atomic E-state index is 13.1. The third-order valence-corrected chi connectivity index (χ3v) is 5.31. The van der Waals surface area contributed by atoms with Crippen LogP contribution in [0.5, 0.6) is 0 Å². The first-order valence-corrected chi connectivity index (χ1v) is 9.16. The molecule has 1 aromatic carbocycles. The fraction of sp³-hybridized carbons (Fsp3) is 0.250. The minimum atomic E-state index is -0.372. The van der Waals surface area contributed by atoms with E-state index in [1.54, 1.807) is 24.5 Å². The molecular formula is C20H19FN2O2S. The average Bonchev–Trinajstić information content (AvgIpc) is 3.03. The van der Waals surface area contributed by atoms with Gasteiger partial charge in [-0.1, -0.05) is 6.07 Å². The molecule has 4 nitrogen and oxygen atoms in total. The van der Waals surface area contributed by atoms with Crippen molar-refractivity contribution in [3.05, 3.63) is 70.7 Å². The summed E-state index contributed by atoms with van der Waals surface area (Å²) in [6.45, 7) is 3.73. The Morgan fingerprint density at radius 3 is 2.73 bits per heavy atom. The van der Waals surface area contributed by atoms with Gasteiger partial charge in [0.2, 0.25) is 0 Å². The molecule has 6 heteroatoms. The molecule has 2 heterocycles. The zero-order valence-electron chi connectivity index (χ0n) is 14.6. The molecule has 0 aliphatic carbocycles. The van der Waals surface area contributed by atoms with E-state index in [0.29, 0.717) is 12.8 Å². The molecule has 1 atom stereocenters. The highest BCUT2D eigenvalue weighted by atomic mass is 32.1. The van der Waals surface area contributed by atoms with Crippen LogP contribution in [0.3, 0.4) is 0 Å². The van der Waals surface area contributed by atoms with Gasteiger partial charge in [-0.3, -0.25) is 9.78 Å². The van der Waals surface area contributed by atoms with Gasteiger partial charge in [-0.2, -0.15) is 0 Å². The second kappa shape index (κ2) is 8.19. The van der Waals surface area contributed by atoms with Gasteiger partial charge < -0.3 is 4.74 Å². The SMILES string of the molecule is Cc1nc(-c2ccc(F)cc2)sc1C(C)OC(=O)CCc1cccnc1. The standard InChI is InChI=1S/C20H19FN2O2S/c1-13-19(26-20(23-13)16-6-8-17(21)9-7-16)14(2)25-18(24)10-5-15-4-3-11-22-12-15/h3-4,6-9,11-12,14H,5,10H2,1-2H3. The quantitative estimate of drug-likeness (QED) is 0.580. The summed E-state index contributed by atoms with van der Waals surface area (Å²) in [5.41, 5.74) is 2.67. The second-order valence-electron chi connectivity index (χ2n) is 5.97. The summed E-state index contributed by atoms with van der Waals surface area (Å²) in [5, 5.41) is 0.788. The third kappa shape index (κ3) is 4.52. The third-order valence-electron chi connectivity index (χ3n) is 3.94. The highest BCUT2D eigenvalue weighted by molar-refractivity contribution is 7.15. The van der Waals surface area contributed by atoms with Gasteiger partial charge in [0.1, 0.15) is 16.9 Å². The van der Waals surface area contributed by atoms with Crippen molar-refractivity contribution in [2.75, 3.05) is 0 Å². The van der Waals surface area contributed by atoms with Crippen molar-refractivity contribution in [1.82, 2.24) is 9.97 Å². The van der Waals surface area contributed by atoms with Gasteiger partial charge in [-0.05, 0) is 56.2 Å². The predicted octanol–water partition coefficient (Wildman–Crippen LogP) is 4.89. The molecule has 0 amide bonds. The number of rotatable bonds is 6. The van der Waals surface area contributed by atoms with Gasteiger partial charge in [0, 0.05) is 24.4 Å². The van der Waals surface area contributed by atoms with Gasteiger partial charge in [0.15, 0.2) is 0 Å². The minimum absolute atomic E-state index is 0.252. The van der Waals surface area contributed by atoms with Crippen LogP contribution in [0.4, 0.5) is 4.39 Å². The largest absolute Gasteiger partial charge is 0.457 e. The van der Waals surface area contributed by atoms with Gasteiger partial charge in [0.05, 0.1) is 10.6 Å². The Kier molecular flexibility index (Phi) is 5.73. The number of hydrogen-bond donors (Lipinski definition) is 0. The van der Waals surface area contributed by atoms with Crippen LogP contribution in [0.25, 0.3) is 10.6 Å². The maximum Gasteiger partial charge on any atom is 0.306 e. The molecule has 0 aliphatic rings. The van der Waals surface area contributed by atoms with Crippen LogP contribution < -0.4 is 0 Å². The van der Waals surface area contributed by atoms with E-state index in [1.807, 2.05) is 26.0 Å². The van der Waals surface area contributed by atoms with Crippen LogP contribution in [-0.4, -0.2) is 15.9 Å². The van der Waals surface area contributed by atoms with E-state index in [1.165, 1.54) is 23.5 Å². The number of thiazole rings is 1. The Hall–Kier alpha value is -2.60. The molecule has 26 heavy (non-hydrogen) atoms. The van der Waals surface area contributed by atoms with E-state index in [-0.39, 0.29) is 17.9 Å². The Morgan fingerprint density at radius 2 is 2.04 bits per heavy atom. The molecule has 0 saturated heterocycles. The molecule has 0 fully saturated rings. The predicted molar refractivity (Wildman–Crippen MR) is 99.3 cm³/mol. The Balaban J connectivity index is 1.63. The fourth-order valence-electron chi connectivity index (χ4n) is 2.60. The number of halogens is 1. The van der Waals surface area contributed by atoms with E-state index >= 15 is 0 Å². The van der Waals surface area contributed by atoms with Crippen molar-refractivity contribution in [1.29, 1.82) is 0 Å². The molecule has 0 bridgehead atoms. The van der Waals surface area contributed by atoms with Crippen molar-refractivity contribution in [3.63, 3.8) is 0 Å². The second-order valence-corrected chi connectivity index (χ2v) is 7.00. The van der Waals surface area contributed by atoms with E-state index in [0.717, 1.165) is 26.7 Å². The number of pyridine rings is 1. The van der Waals surface area contributed by atoms with Gasteiger partial charge in [-0.15, -0.1) is 11.3 Å². The smallest absolute Gasteiger partial charge is 0.306 e. The molecule has 1 unspecified atom stereocenters. The van der Waals surface area contributed by atoms with Crippen molar-refractivity contribution in [3.8, 4) is 10.6 Å². The van der Waals surface area contributed by atoms with E-state index in [9.17, 15) is 9.18 Å². The number of nitrogens with zero attached hydrogens (tertiary/aromatic N) is 2. The van der Waals surface area contributed by atoms with Gasteiger partial charge in [-0.25, -0.2) is 9.37 Å². The number of esters is 1. The van der Waals surface area contributed by atoms with Crippen molar-refractivity contribution < 1.29 is 13.9 Å². The Labute approximate surface area is 155 Å². The van der Waals surface area contributed by atoms with E-state index < -0.39 is 0 Å². The number of benzene rings is 1. The van der Waals surface area contributed by atoms with Crippen molar-refractivity contribution >= 4 is 17.3 Å². The molecule has 2 aromatic heterocycles. The zero-order valence-corrected chi connectivity index (χ0v) is 15.4. The molecule has 3 rings (SSSR count). The number of aryl methyl sites for hydroxylation is 2. The lowest BCUT2D eigenvalue weighted by molar-refractivity contribution is -0.148. The first-order valence-electron chi connectivity index (χ1n) is 8.34. The Bertz CT molecular complexity index is 879. The number of hydrogen-bond acceptors (Lipinski definition) is 5. The van der Waals surface area contributed by atoms with Crippen LogP contribution in [0.15, 0.2) is 48.8 Å². The summed E-state index contributed by atoms with van der Waals surface area (Å²) in [6, 6.07) is 10.00. The summed E-state index contributed by atoms with van der Waals surface area (Å²) in [6.07, 6.45) is 3.98. The lowest BCUT2D eigenvalue weighted by Gasteiger charge is -2.12. The van der Waals surface area contributed by atoms with Crippen LogP contribution in [0.2, 0.25) is 0 Å². The average molecular weight is 370 g/mol. The minimum Gasteiger partial charge on any atom is -0.457 e. The monoisotopic (exact) mass is 370 g/mol. The van der Waals surface area contributed by atoms with Crippen LogP contribution in [0.1, 0.15) is 35.6 Å². The van der Waals surface area contributed by atoms with E-state index in [2.05, 4.69) is 9.97 Å². The topological polar surface area (TPSA) is 52.1 Å². The number of carbonyl (C=O) groups is 1. The van der Waals surface area contributed by atoms with Crippen LogP contribution in [0, 0.1) is 12.7 Å². The first-order chi connectivity index (χ1) is 12.5. The normalized spacial score (nSPS) is 12.0. The van der Waals surface area contributed by atoms with E-state index in [4.69, 9.17) is 4.74 Å². The summed E-state index contributed by atoms with van der Waals surface area (Å²) in [5.74, 6) is -0.532.